The Balaban J connectivity index is 1.37. The third-order valence-corrected chi connectivity index (χ3v) is 8.49. The van der Waals surface area contributed by atoms with Crippen molar-refractivity contribution in [3.63, 3.8) is 0 Å². The van der Waals surface area contributed by atoms with E-state index >= 15 is 0 Å². The minimum atomic E-state index is 0.0529. The zero-order valence-corrected chi connectivity index (χ0v) is 19.7. The van der Waals surface area contributed by atoms with Gasteiger partial charge in [0.2, 0.25) is 5.91 Å². The van der Waals surface area contributed by atoms with Crippen LogP contribution in [0, 0.1) is 5.92 Å². The number of amides is 1. The molecule has 0 atom stereocenters. The summed E-state index contributed by atoms with van der Waals surface area (Å²) in [7, 11) is 0. The second-order valence-electron chi connectivity index (χ2n) is 9.65. The van der Waals surface area contributed by atoms with Gasteiger partial charge in [0.15, 0.2) is 0 Å². The smallest absolute Gasteiger partial charge is 0.216 e. The van der Waals surface area contributed by atoms with Crippen LogP contribution in [0.5, 0.6) is 0 Å². The van der Waals surface area contributed by atoms with Gasteiger partial charge in [0.05, 0.1) is 4.88 Å². The number of carbonyl (C=O) groups is 1. The number of fused-ring (bicyclic) bond motifs is 2. The molecule has 2 fully saturated rings. The van der Waals surface area contributed by atoms with Crippen LogP contribution in [0.4, 0.5) is 5.82 Å². The van der Waals surface area contributed by atoms with Crippen LogP contribution in [0.15, 0.2) is 36.7 Å². The van der Waals surface area contributed by atoms with E-state index in [0.717, 1.165) is 49.3 Å². The summed E-state index contributed by atoms with van der Waals surface area (Å²) in [5.41, 5.74) is 9.77. The Kier molecular flexibility index (Phi) is 5.09. The summed E-state index contributed by atoms with van der Waals surface area (Å²) in [4.78, 5) is 22.0. The number of hydrogen-bond donors (Lipinski definition) is 2. The summed E-state index contributed by atoms with van der Waals surface area (Å²) < 4.78 is 3.56. The topological polar surface area (TPSA) is 85.3 Å². The molecule has 4 aromatic rings. The first kappa shape index (κ1) is 20.7. The first-order valence-electron chi connectivity index (χ1n) is 12.0. The van der Waals surface area contributed by atoms with Crippen molar-refractivity contribution in [2.45, 2.75) is 57.3 Å². The number of carbonyl (C=O) groups excluding carboxylic acids is 1. The Hall–Kier alpha value is -2.93. The van der Waals surface area contributed by atoms with E-state index in [9.17, 15) is 4.79 Å². The molecule has 3 heterocycles. The molecular formula is C26H29N5OS. The van der Waals surface area contributed by atoms with E-state index in [2.05, 4.69) is 39.0 Å². The lowest BCUT2D eigenvalue weighted by molar-refractivity contribution is -0.119. The second kappa shape index (κ2) is 8.13. The summed E-state index contributed by atoms with van der Waals surface area (Å²) in [6, 6.07) is 8.94. The second-order valence-corrected chi connectivity index (χ2v) is 10.7. The van der Waals surface area contributed by atoms with Gasteiger partial charge in [-0.3, -0.25) is 9.20 Å². The summed E-state index contributed by atoms with van der Waals surface area (Å²) in [5.74, 6) is 3.33. The van der Waals surface area contributed by atoms with Crippen LogP contribution in [-0.2, 0) is 4.79 Å². The molecule has 0 spiro atoms. The molecule has 3 N–H and O–H groups in total. The SMILES string of the molecule is CC(=O)NC[C@H]1CC[C@H](c2nc(-c3cc4cccc(C5CC5)c4s3)c3c(N)nccn32)CC1. The average Bonchev–Trinajstić information content (AvgIpc) is 3.44. The maximum Gasteiger partial charge on any atom is 0.216 e. The monoisotopic (exact) mass is 459 g/mol. The maximum absolute atomic E-state index is 11.3. The molecule has 1 amide bonds. The van der Waals surface area contributed by atoms with Gasteiger partial charge in [-0.2, -0.15) is 0 Å². The molecule has 6 rings (SSSR count). The molecule has 0 saturated heterocycles. The lowest BCUT2D eigenvalue weighted by atomic mass is 9.81. The predicted molar refractivity (Wildman–Crippen MR) is 134 cm³/mol. The zero-order chi connectivity index (χ0) is 22.5. The molecule has 7 heteroatoms. The van der Waals surface area contributed by atoms with Crippen LogP contribution in [0.25, 0.3) is 26.2 Å². The van der Waals surface area contributed by atoms with Crippen molar-refractivity contribution in [2.24, 2.45) is 5.92 Å². The highest BCUT2D eigenvalue weighted by atomic mass is 32.1. The Bertz CT molecular complexity index is 1340. The molecule has 0 aliphatic heterocycles. The van der Waals surface area contributed by atoms with Gasteiger partial charge < -0.3 is 11.1 Å². The Morgan fingerprint density at radius 3 is 2.73 bits per heavy atom. The van der Waals surface area contributed by atoms with Gasteiger partial charge in [0.1, 0.15) is 22.9 Å². The summed E-state index contributed by atoms with van der Waals surface area (Å²) >= 11 is 1.84. The molecule has 6 nitrogen and oxygen atoms in total. The average molecular weight is 460 g/mol. The number of thiophene rings is 1. The number of benzene rings is 1. The minimum absolute atomic E-state index is 0.0529. The number of nitrogens with one attached hydrogen (secondary N) is 1. The number of anilines is 1. The molecule has 0 radical (unpaired) electrons. The number of hydrogen-bond acceptors (Lipinski definition) is 5. The van der Waals surface area contributed by atoms with Crippen molar-refractivity contribution in [3.8, 4) is 10.6 Å². The van der Waals surface area contributed by atoms with E-state index in [-0.39, 0.29) is 5.91 Å². The Labute approximate surface area is 197 Å². The normalized spacial score (nSPS) is 21.0. The third-order valence-electron chi connectivity index (χ3n) is 7.29. The number of nitrogens with zero attached hydrogens (tertiary/aromatic N) is 3. The first-order valence-corrected chi connectivity index (χ1v) is 12.8. The third kappa shape index (κ3) is 3.78. The van der Waals surface area contributed by atoms with Crippen molar-refractivity contribution in [3.05, 3.63) is 48.0 Å². The maximum atomic E-state index is 11.3. The number of nitrogen functional groups attached to an aromatic ring is 1. The lowest BCUT2D eigenvalue weighted by Gasteiger charge is -2.27. The van der Waals surface area contributed by atoms with E-state index in [1.165, 1.54) is 33.4 Å². The number of aromatic nitrogens is 3. The zero-order valence-electron chi connectivity index (χ0n) is 18.9. The Morgan fingerprint density at radius 2 is 1.97 bits per heavy atom. The van der Waals surface area contributed by atoms with E-state index in [4.69, 9.17) is 10.7 Å². The van der Waals surface area contributed by atoms with Crippen LogP contribution in [0.2, 0.25) is 0 Å². The predicted octanol–water partition coefficient (Wildman–Crippen LogP) is 5.48. The van der Waals surface area contributed by atoms with Crippen molar-refractivity contribution in [1.29, 1.82) is 0 Å². The summed E-state index contributed by atoms with van der Waals surface area (Å²) in [5, 5.41) is 4.27. The standard InChI is InChI=1S/C26H29N5OS/c1-15(32)29-14-16-5-7-18(8-6-16)26-30-22(23-25(27)28-11-12-31(23)26)21-13-19-3-2-4-20(17-9-10-17)24(19)33-21/h2-4,11-13,16-18H,5-10,14H2,1H3,(H2,27,28)(H,29,32)/t16-,18-. The first-order chi connectivity index (χ1) is 16.1. The molecule has 0 unspecified atom stereocenters. The molecule has 170 valence electrons. The van der Waals surface area contributed by atoms with Gasteiger partial charge in [-0.1, -0.05) is 18.2 Å². The number of nitrogens with two attached hydrogens (primary N) is 1. The van der Waals surface area contributed by atoms with Crippen LogP contribution >= 0.6 is 11.3 Å². The molecular weight excluding hydrogens is 430 g/mol. The fourth-order valence-corrected chi connectivity index (χ4v) is 6.62. The van der Waals surface area contributed by atoms with Gasteiger partial charge in [0.25, 0.3) is 0 Å². The van der Waals surface area contributed by atoms with E-state index in [1.807, 2.05) is 17.5 Å². The van der Waals surface area contributed by atoms with Crippen molar-refractivity contribution in [1.82, 2.24) is 19.7 Å². The number of imidazole rings is 1. The fraction of sp³-hybridized carbons (Fsp3) is 0.423. The highest BCUT2D eigenvalue weighted by Crippen LogP contribution is 2.47. The Morgan fingerprint density at radius 1 is 1.18 bits per heavy atom. The highest BCUT2D eigenvalue weighted by Gasteiger charge is 2.29. The number of rotatable bonds is 5. The molecule has 33 heavy (non-hydrogen) atoms. The van der Waals surface area contributed by atoms with E-state index in [1.54, 1.807) is 13.1 Å². The van der Waals surface area contributed by atoms with E-state index < -0.39 is 0 Å². The van der Waals surface area contributed by atoms with Gasteiger partial charge in [-0.15, -0.1) is 11.3 Å². The largest absolute Gasteiger partial charge is 0.382 e. The molecule has 2 aliphatic rings. The van der Waals surface area contributed by atoms with Crippen LogP contribution in [-0.4, -0.2) is 26.8 Å². The van der Waals surface area contributed by atoms with Gasteiger partial charge in [-0.05, 0) is 67.4 Å². The molecule has 0 bridgehead atoms. The molecule has 2 aliphatic carbocycles. The summed E-state index contributed by atoms with van der Waals surface area (Å²) in [6.45, 7) is 2.36. The van der Waals surface area contributed by atoms with Crippen LogP contribution in [0.1, 0.15) is 68.7 Å². The molecule has 2 saturated carbocycles. The van der Waals surface area contributed by atoms with Crippen molar-refractivity contribution >= 4 is 38.7 Å². The van der Waals surface area contributed by atoms with E-state index in [0.29, 0.717) is 23.6 Å². The lowest BCUT2D eigenvalue weighted by Crippen LogP contribution is -2.29. The molecule has 1 aromatic carbocycles. The van der Waals surface area contributed by atoms with Gasteiger partial charge in [0, 0.05) is 36.5 Å². The van der Waals surface area contributed by atoms with Gasteiger partial charge >= 0.3 is 0 Å². The van der Waals surface area contributed by atoms with Crippen molar-refractivity contribution in [2.75, 3.05) is 12.3 Å². The van der Waals surface area contributed by atoms with Crippen LogP contribution in [0.3, 0.4) is 0 Å². The van der Waals surface area contributed by atoms with Crippen LogP contribution < -0.4 is 11.1 Å². The van der Waals surface area contributed by atoms with Crippen molar-refractivity contribution < 1.29 is 4.79 Å². The summed E-state index contributed by atoms with van der Waals surface area (Å²) in [6.07, 6.45) is 10.7. The fourth-order valence-electron chi connectivity index (χ4n) is 5.38. The minimum Gasteiger partial charge on any atom is -0.382 e. The molecule has 3 aromatic heterocycles. The van der Waals surface area contributed by atoms with Gasteiger partial charge in [-0.25, -0.2) is 9.97 Å². The quantitative estimate of drug-likeness (QED) is 0.414. The highest BCUT2D eigenvalue weighted by molar-refractivity contribution is 7.22.